The first-order valence-electron chi connectivity index (χ1n) is 11.4. The van der Waals surface area contributed by atoms with E-state index in [1.54, 1.807) is 12.1 Å². The molecule has 2 N–H and O–H groups in total. The molecule has 8 heteroatoms. The first kappa shape index (κ1) is 21.5. The second-order valence-corrected chi connectivity index (χ2v) is 8.73. The molecule has 1 saturated heterocycles. The van der Waals surface area contributed by atoms with Crippen LogP contribution in [0.5, 0.6) is 11.5 Å². The predicted octanol–water partition coefficient (Wildman–Crippen LogP) is 5.23. The summed E-state index contributed by atoms with van der Waals surface area (Å²) >= 11 is 0. The molecule has 3 heterocycles. The normalized spacial score (nSPS) is 18.7. The quantitative estimate of drug-likeness (QED) is 0.569. The number of halogens is 1. The topological polar surface area (TPSA) is 79.6 Å². The van der Waals surface area contributed by atoms with Gasteiger partial charge in [-0.05, 0) is 70.0 Å². The van der Waals surface area contributed by atoms with Crippen LogP contribution < -0.4 is 15.0 Å². The van der Waals surface area contributed by atoms with E-state index in [9.17, 15) is 14.3 Å². The first-order chi connectivity index (χ1) is 16.0. The number of piperidine rings is 1. The Hall–Kier alpha value is -3.39. The Morgan fingerprint density at radius 1 is 1.21 bits per heavy atom. The molecule has 0 saturated carbocycles. The zero-order valence-electron chi connectivity index (χ0n) is 18.5. The van der Waals surface area contributed by atoms with E-state index >= 15 is 0 Å². The first-order valence-corrected chi connectivity index (χ1v) is 11.4. The number of nitrogens with one attached hydrogen (secondary N) is 1. The number of fused-ring (bicyclic) bond motifs is 1. The van der Waals surface area contributed by atoms with Gasteiger partial charge in [0.25, 0.3) is 0 Å². The van der Waals surface area contributed by atoms with Gasteiger partial charge in [-0.25, -0.2) is 9.18 Å². The fourth-order valence-electron chi connectivity index (χ4n) is 4.84. The van der Waals surface area contributed by atoms with E-state index in [-0.39, 0.29) is 6.04 Å². The van der Waals surface area contributed by atoms with Crippen molar-refractivity contribution in [1.82, 2.24) is 15.1 Å². The van der Waals surface area contributed by atoms with Crippen molar-refractivity contribution < 1.29 is 19.0 Å². The van der Waals surface area contributed by atoms with Crippen molar-refractivity contribution in [2.75, 3.05) is 18.0 Å². The summed E-state index contributed by atoms with van der Waals surface area (Å²) in [6.07, 6.45) is 6.23. The number of aromatic nitrogens is 2. The number of anilines is 1. The van der Waals surface area contributed by atoms with Crippen molar-refractivity contribution in [2.24, 2.45) is 0 Å². The maximum atomic E-state index is 13.9. The lowest BCUT2D eigenvalue weighted by Gasteiger charge is -2.34. The van der Waals surface area contributed by atoms with Crippen LogP contribution in [0.2, 0.25) is 0 Å². The number of nitrogens with zero attached hydrogens (tertiary/aromatic N) is 3. The molecule has 172 valence electrons. The number of hydrogen-bond acceptors (Lipinski definition) is 4. The third-order valence-corrected chi connectivity index (χ3v) is 6.57. The van der Waals surface area contributed by atoms with Gasteiger partial charge >= 0.3 is 6.09 Å². The molecule has 2 aliphatic heterocycles. The lowest BCUT2D eigenvalue weighted by atomic mass is 9.92. The van der Waals surface area contributed by atoms with E-state index in [1.807, 2.05) is 36.1 Å². The van der Waals surface area contributed by atoms with Crippen molar-refractivity contribution >= 4 is 11.8 Å². The molecule has 0 bridgehead atoms. The highest BCUT2D eigenvalue weighted by Crippen LogP contribution is 2.45. The molecule has 2 aromatic carbocycles. The molecule has 1 aromatic heterocycles. The molecule has 1 fully saturated rings. The van der Waals surface area contributed by atoms with E-state index in [2.05, 4.69) is 10.4 Å². The molecule has 33 heavy (non-hydrogen) atoms. The molecular weight excluding hydrogens is 423 g/mol. The lowest BCUT2D eigenvalue weighted by molar-refractivity contribution is 0.198. The van der Waals surface area contributed by atoms with Crippen LogP contribution in [0.3, 0.4) is 0 Å². The maximum Gasteiger partial charge on any atom is 0.412 e. The molecule has 1 amide bonds. The number of amides is 1. The minimum atomic E-state index is -0.994. The SMILES string of the molecule is C[C@H]1CCc2c(ccc(-c3cnn(C4CCNCC4)c3)c2Oc2cccc(F)c2)N1C(=O)O. The summed E-state index contributed by atoms with van der Waals surface area (Å²) in [5, 5.41) is 17.8. The molecule has 0 unspecified atom stereocenters. The van der Waals surface area contributed by atoms with E-state index in [1.165, 1.54) is 17.0 Å². The molecule has 0 aliphatic carbocycles. The Labute approximate surface area is 191 Å². The van der Waals surface area contributed by atoms with Gasteiger partial charge in [-0.1, -0.05) is 6.07 Å². The van der Waals surface area contributed by atoms with Crippen LogP contribution in [0.1, 0.15) is 37.8 Å². The van der Waals surface area contributed by atoms with Gasteiger partial charge in [-0.2, -0.15) is 5.10 Å². The number of ether oxygens (including phenoxy) is 1. The zero-order chi connectivity index (χ0) is 22.9. The van der Waals surface area contributed by atoms with Gasteiger partial charge < -0.3 is 15.2 Å². The monoisotopic (exact) mass is 450 g/mol. The smallest absolute Gasteiger partial charge is 0.412 e. The van der Waals surface area contributed by atoms with Gasteiger partial charge in [0.2, 0.25) is 0 Å². The third kappa shape index (κ3) is 4.18. The highest BCUT2D eigenvalue weighted by Gasteiger charge is 2.32. The summed E-state index contributed by atoms with van der Waals surface area (Å²) in [6.45, 7) is 3.84. The summed E-state index contributed by atoms with van der Waals surface area (Å²) in [6, 6.07) is 9.93. The molecule has 7 nitrogen and oxygen atoms in total. The van der Waals surface area contributed by atoms with Crippen LogP contribution in [0.15, 0.2) is 48.8 Å². The van der Waals surface area contributed by atoms with Crippen LogP contribution in [0.4, 0.5) is 14.9 Å². The van der Waals surface area contributed by atoms with Gasteiger partial charge in [-0.15, -0.1) is 0 Å². The maximum absolute atomic E-state index is 13.9. The Kier molecular flexibility index (Phi) is 5.76. The molecule has 2 aliphatic rings. The molecular formula is C25H27FN4O3. The van der Waals surface area contributed by atoms with Crippen LogP contribution in [-0.2, 0) is 6.42 Å². The molecule has 3 aromatic rings. The summed E-state index contributed by atoms with van der Waals surface area (Å²) in [7, 11) is 0. The summed E-state index contributed by atoms with van der Waals surface area (Å²) in [5.41, 5.74) is 3.13. The molecule has 0 radical (unpaired) electrons. The molecule has 1 atom stereocenters. The Balaban J connectivity index is 1.60. The summed E-state index contributed by atoms with van der Waals surface area (Å²) in [4.78, 5) is 13.4. The van der Waals surface area contributed by atoms with Gasteiger partial charge in [0.15, 0.2) is 0 Å². The second kappa shape index (κ2) is 8.86. The Bertz CT molecular complexity index is 1170. The second-order valence-electron chi connectivity index (χ2n) is 8.73. The van der Waals surface area contributed by atoms with Gasteiger partial charge in [-0.3, -0.25) is 9.58 Å². The minimum Gasteiger partial charge on any atom is -0.465 e. The van der Waals surface area contributed by atoms with Gasteiger partial charge in [0.1, 0.15) is 17.3 Å². The van der Waals surface area contributed by atoms with E-state index < -0.39 is 11.9 Å². The highest BCUT2D eigenvalue weighted by atomic mass is 19.1. The van der Waals surface area contributed by atoms with Crippen molar-refractivity contribution in [2.45, 2.75) is 44.7 Å². The number of carbonyl (C=O) groups is 1. The van der Waals surface area contributed by atoms with Crippen LogP contribution in [-0.4, -0.2) is 40.1 Å². The highest BCUT2D eigenvalue weighted by molar-refractivity contribution is 5.91. The van der Waals surface area contributed by atoms with Crippen molar-refractivity contribution in [3.05, 3.63) is 60.2 Å². The average Bonchev–Trinajstić information content (AvgIpc) is 3.29. The van der Waals surface area contributed by atoms with E-state index in [4.69, 9.17) is 4.74 Å². The van der Waals surface area contributed by atoms with Crippen molar-refractivity contribution in [3.8, 4) is 22.6 Å². The van der Waals surface area contributed by atoms with Crippen LogP contribution in [0, 0.1) is 5.82 Å². The van der Waals surface area contributed by atoms with Gasteiger partial charge in [0, 0.05) is 35.0 Å². The standard InChI is InChI=1S/C25H27FN4O3/c1-16-5-6-22-23(30(16)25(31)32)8-7-21(24(22)33-20-4-2-3-18(26)13-20)17-14-28-29(15-17)19-9-11-27-12-10-19/h2-4,7-8,13-16,19,27H,5-6,9-12H2,1H3,(H,31,32)/t16-/m0/s1. The van der Waals surface area contributed by atoms with Crippen LogP contribution >= 0.6 is 0 Å². The van der Waals surface area contributed by atoms with E-state index in [0.29, 0.717) is 36.1 Å². The fraction of sp³-hybridized carbons (Fsp3) is 0.360. The van der Waals surface area contributed by atoms with Crippen LogP contribution in [0.25, 0.3) is 11.1 Å². The number of benzene rings is 2. The fourth-order valence-corrected chi connectivity index (χ4v) is 4.84. The summed E-state index contributed by atoms with van der Waals surface area (Å²) < 4.78 is 22.1. The zero-order valence-corrected chi connectivity index (χ0v) is 18.5. The predicted molar refractivity (Wildman–Crippen MR) is 124 cm³/mol. The Morgan fingerprint density at radius 3 is 2.79 bits per heavy atom. The molecule has 5 rings (SSSR count). The Morgan fingerprint density at radius 2 is 2.03 bits per heavy atom. The van der Waals surface area contributed by atoms with Crippen molar-refractivity contribution in [1.29, 1.82) is 0 Å². The molecule has 0 spiro atoms. The minimum absolute atomic E-state index is 0.134. The number of carboxylic acid groups (broad SMARTS) is 1. The summed E-state index contributed by atoms with van der Waals surface area (Å²) in [5.74, 6) is 0.537. The number of rotatable bonds is 4. The third-order valence-electron chi connectivity index (χ3n) is 6.57. The lowest BCUT2D eigenvalue weighted by Crippen LogP contribution is -2.41. The largest absolute Gasteiger partial charge is 0.465 e. The number of hydrogen-bond donors (Lipinski definition) is 2. The average molecular weight is 451 g/mol. The van der Waals surface area contributed by atoms with Gasteiger partial charge in [0.05, 0.1) is 17.9 Å². The van der Waals surface area contributed by atoms with E-state index in [0.717, 1.165) is 42.6 Å². The van der Waals surface area contributed by atoms with Crippen molar-refractivity contribution in [3.63, 3.8) is 0 Å².